The molecule has 0 spiro atoms. The first-order chi connectivity index (χ1) is 13.6. The zero-order valence-corrected chi connectivity index (χ0v) is 16.7. The number of imidazole rings is 1. The third-order valence-corrected chi connectivity index (χ3v) is 5.66. The van der Waals surface area contributed by atoms with Crippen molar-refractivity contribution in [3.05, 3.63) is 47.0 Å². The molecule has 0 saturated heterocycles. The average molecular weight is 380 g/mol. The molecule has 0 bridgehead atoms. The van der Waals surface area contributed by atoms with Crippen molar-refractivity contribution in [1.29, 1.82) is 0 Å². The van der Waals surface area contributed by atoms with Crippen molar-refractivity contribution in [3.8, 4) is 0 Å². The van der Waals surface area contributed by atoms with Crippen molar-refractivity contribution < 1.29 is 9.59 Å². The minimum Gasteiger partial charge on any atom is -0.351 e. The molecular weight excluding hydrogens is 352 g/mol. The number of hydrogen-bond acceptors (Lipinski definition) is 3. The monoisotopic (exact) mass is 380 g/mol. The highest BCUT2D eigenvalue weighted by atomic mass is 16.2. The lowest BCUT2D eigenvalue weighted by molar-refractivity contribution is 0.0946. The van der Waals surface area contributed by atoms with Crippen LogP contribution in [0.4, 0.5) is 5.69 Å². The molecule has 148 valence electrons. The summed E-state index contributed by atoms with van der Waals surface area (Å²) in [5.74, 6) is 0.672. The third-order valence-electron chi connectivity index (χ3n) is 5.66. The summed E-state index contributed by atoms with van der Waals surface area (Å²) >= 11 is 0. The Balaban J connectivity index is 1.62. The van der Waals surface area contributed by atoms with Crippen LogP contribution < -0.4 is 10.2 Å². The van der Waals surface area contributed by atoms with Crippen molar-refractivity contribution in [3.63, 3.8) is 0 Å². The van der Waals surface area contributed by atoms with Gasteiger partial charge in [0.15, 0.2) is 0 Å². The molecule has 0 aliphatic carbocycles. The fourth-order valence-electron chi connectivity index (χ4n) is 4.12. The Morgan fingerprint density at radius 1 is 1.14 bits per heavy atom. The maximum Gasteiger partial charge on any atom is 0.294 e. The van der Waals surface area contributed by atoms with Gasteiger partial charge in [0.1, 0.15) is 5.69 Å². The molecule has 1 aromatic heterocycles. The van der Waals surface area contributed by atoms with Crippen molar-refractivity contribution in [2.45, 2.75) is 52.5 Å². The van der Waals surface area contributed by atoms with Gasteiger partial charge in [-0.15, -0.1) is 0 Å². The largest absolute Gasteiger partial charge is 0.351 e. The Morgan fingerprint density at radius 3 is 2.79 bits per heavy atom. The first kappa shape index (κ1) is 18.7. The lowest BCUT2D eigenvalue weighted by Gasteiger charge is -2.20. The van der Waals surface area contributed by atoms with E-state index in [1.165, 1.54) is 5.56 Å². The van der Waals surface area contributed by atoms with E-state index in [1.807, 2.05) is 22.8 Å². The van der Waals surface area contributed by atoms with E-state index in [0.717, 1.165) is 50.0 Å². The van der Waals surface area contributed by atoms with Crippen LogP contribution >= 0.6 is 0 Å². The fourth-order valence-corrected chi connectivity index (χ4v) is 4.12. The van der Waals surface area contributed by atoms with Crippen molar-refractivity contribution in [2.24, 2.45) is 5.92 Å². The van der Waals surface area contributed by atoms with Crippen LogP contribution in [-0.2, 0) is 19.4 Å². The fraction of sp³-hybridized carbons (Fsp3) is 0.500. The van der Waals surface area contributed by atoms with E-state index in [2.05, 4.69) is 30.2 Å². The van der Waals surface area contributed by atoms with Gasteiger partial charge in [0.25, 0.3) is 11.8 Å². The number of anilines is 1. The van der Waals surface area contributed by atoms with Crippen LogP contribution in [0.15, 0.2) is 24.3 Å². The van der Waals surface area contributed by atoms with Gasteiger partial charge in [-0.05, 0) is 49.7 Å². The van der Waals surface area contributed by atoms with Gasteiger partial charge in [-0.25, -0.2) is 4.98 Å². The minimum absolute atomic E-state index is 0.102. The normalized spacial score (nSPS) is 15.5. The lowest BCUT2D eigenvalue weighted by Crippen LogP contribution is -2.32. The quantitative estimate of drug-likeness (QED) is 0.866. The van der Waals surface area contributed by atoms with Crippen LogP contribution in [-0.4, -0.2) is 34.5 Å². The number of nitrogens with zero attached hydrogens (tertiary/aromatic N) is 3. The van der Waals surface area contributed by atoms with Crippen LogP contribution in [0, 0.1) is 5.92 Å². The Morgan fingerprint density at radius 2 is 1.96 bits per heavy atom. The van der Waals surface area contributed by atoms with Crippen LogP contribution in [0.5, 0.6) is 0 Å². The van der Waals surface area contributed by atoms with E-state index < -0.39 is 0 Å². The zero-order valence-electron chi connectivity index (χ0n) is 16.7. The summed E-state index contributed by atoms with van der Waals surface area (Å²) in [4.78, 5) is 32.4. The highest BCUT2D eigenvalue weighted by Crippen LogP contribution is 2.30. The number of rotatable bonds is 5. The maximum atomic E-state index is 13.3. The zero-order chi connectivity index (χ0) is 19.7. The summed E-state index contributed by atoms with van der Waals surface area (Å²) < 4.78 is 1.98. The lowest BCUT2D eigenvalue weighted by atomic mass is 10.1. The van der Waals surface area contributed by atoms with E-state index in [-0.39, 0.29) is 11.8 Å². The first-order valence-corrected chi connectivity index (χ1v) is 10.3. The molecule has 0 radical (unpaired) electrons. The highest BCUT2D eigenvalue weighted by molar-refractivity contribution is 6.06. The van der Waals surface area contributed by atoms with Gasteiger partial charge in [0, 0.05) is 25.3 Å². The molecular formula is C22H28N4O2. The van der Waals surface area contributed by atoms with Gasteiger partial charge in [0.2, 0.25) is 5.82 Å². The number of nitrogens with one attached hydrogen (secondary N) is 1. The Bertz CT molecular complexity index is 900. The molecule has 0 saturated carbocycles. The summed E-state index contributed by atoms with van der Waals surface area (Å²) in [5, 5.41) is 2.98. The van der Waals surface area contributed by atoms with Crippen LogP contribution in [0.3, 0.4) is 0 Å². The van der Waals surface area contributed by atoms with E-state index in [0.29, 0.717) is 30.5 Å². The molecule has 1 aromatic carbocycles. The highest BCUT2D eigenvalue weighted by Gasteiger charge is 2.32. The molecule has 0 fully saturated rings. The molecule has 6 heteroatoms. The predicted octanol–water partition coefficient (Wildman–Crippen LogP) is 3.20. The molecule has 3 heterocycles. The molecule has 4 rings (SSSR count). The van der Waals surface area contributed by atoms with Gasteiger partial charge < -0.3 is 14.8 Å². The first-order valence-electron chi connectivity index (χ1n) is 10.3. The summed E-state index contributed by atoms with van der Waals surface area (Å²) in [6.45, 7) is 6.31. The van der Waals surface area contributed by atoms with E-state index in [4.69, 9.17) is 0 Å². The van der Waals surface area contributed by atoms with Crippen molar-refractivity contribution in [1.82, 2.24) is 14.9 Å². The third kappa shape index (κ3) is 3.43. The van der Waals surface area contributed by atoms with Gasteiger partial charge in [0.05, 0.1) is 5.69 Å². The summed E-state index contributed by atoms with van der Waals surface area (Å²) in [5.41, 5.74) is 3.49. The smallest absolute Gasteiger partial charge is 0.294 e. The molecule has 1 N–H and O–H groups in total. The summed E-state index contributed by atoms with van der Waals surface area (Å²) in [7, 11) is 0. The summed E-state index contributed by atoms with van der Waals surface area (Å²) in [6, 6.07) is 8.01. The maximum absolute atomic E-state index is 13.3. The summed E-state index contributed by atoms with van der Waals surface area (Å²) in [6.07, 6.45) is 4.62. The SMILES string of the molecule is CC(C)CCNC(=O)c1nc(C(=O)N2CCc3ccccc32)n2c1CCCC2. The van der Waals surface area contributed by atoms with Crippen molar-refractivity contribution in [2.75, 3.05) is 18.0 Å². The molecule has 2 amide bonds. The van der Waals surface area contributed by atoms with Crippen LogP contribution in [0.1, 0.15) is 65.5 Å². The predicted molar refractivity (Wildman–Crippen MR) is 109 cm³/mol. The minimum atomic E-state index is -0.160. The molecule has 0 unspecified atom stereocenters. The Hall–Kier alpha value is -2.63. The molecule has 2 aliphatic rings. The second kappa shape index (κ2) is 7.78. The van der Waals surface area contributed by atoms with E-state index in [9.17, 15) is 9.59 Å². The second-order valence-corrected chi connectivity index (χ2v) is 8.11. The molecule has 0 atom stereocenters. The number of benzene rings is 1. The van der Waals surface area contributed by atoms with Gasteiger partial charge >= 0.3 is 0 Å². The Kier molecular flexibility index (Phi) is 5.20. The number of amides is 2. The molecule has 2 aromatic rings. The number of para-hydroxylation sites is 1. The van der Waals surface area contributed by atoms with Gasteiger partial charge in [-0.1, -0.05) is 32.0 Å². The van der Waals surface area contributed by atoms with E-state index >= 15 is 0 Å². The average Bonchev–Trinajstić information content (AvgIpc) is 3.29. The number of carbonyl (C=O) groups excluding carboxylic acids is 2. The molecule has 6 nitrogen and oxygen atoms in total. The number of aromatic nitrogens is 2. The molecule has 2 aliphatic heterocycles. The van der Waals surface area contributed by atoms with Crippen LogP contribution in [0.25, 0.3) is 0 Å². The molecule has 28 heavy (non-hydrogen) atoms. The Labute approximate surface area is 165 Å². The van der Waals surface area contributed by atoms with Crippen molar-refractivity contribution >= 4 is 17.5 Å². The van der Waals surface area contributed by atoms with Crippen LogP contribution in [0.2, 0.25) is 0 Å². The van der Waals surface area contributed by atoms with Gasteiger partial charge in [-0.3, -0.25) is 9.59 Å². The van der Waals surface area contributed by atoms with E-state index in [1.54, 1.807) is 4.90 Å². The number of hydrogen-bond donors (Lipinski definition) is 1. The topological polar surface area (TPSA) is 67.2 Å². The number of carbonyl (C=O) groups is 2. The second-order valence-electron chi connectivity index (χ2n) is 8.11. The van der Waals surface area contributed by atoms with Gasteiger partial charge in [-0.2, -0.15) is 0 Å². The number of fused-ring (bicyclic) bond motifs is 2. The standard InChI is InChI=1S/C22H28N4O2/c1-15(2)10-12-23-21(27)19-18-9-5-6-13-25(18)20(24-19)22(28)26-14-11-16-7-3-4-8-17(16)26/h3-4,7-8,15H,5-6,9-14H2,1-2H3,(H,23,27).